The van der Waals surface area contributed by atoms with Gasteiger partial charge in [0.15, 0.2) is 0 Å². The SMILES string of the molecule is C[C@H]1C[C@@H]2[C@@H](CC(=O)N2Cc2ccccc2)[C@@H]1CNC(=O)CC(C)(C)C. The first-order chi connectivity index (χ1) is 12.2. The van der Waals surface area contributed by atoms with Crippen LogP contribution in [0.4, 0.5) is 0 Å². The van der Waals surface area contributed by atoms with E-state index in [1.54, 1.807) is 0 Å². The normalized spacial score (nSPS) is 28.3. The Morgan fingerprint density at radius 1 is 1.23 bits per heavy atom. The number of hydrogen-bond acceptors (Lipinski definition) is 2. The molecule has 1 aromatic rings. The molecular weight excluding hydrogens is 324 g/mol. The van der Waals surface area contributed by atoms with Gasteiger partial charge in [-0.05, 0) is 35.2 Å². The second-order valence-electron chi connectivity index (χ2n) is 9.36. The second kappa shape index (κ2) is 7.42. The average molecular weight is 357 g/mol. The Hall–Kier alpha value is -1.84. The van der Waals surface area contributed by atoms with Crippen molar-refractivity contribution in [3.05, 3.63) is 35.9 Å². The maximum absolute atomic E-state index is 12.6. The highest BCUT2D eigenvalue weighted by molar-refractivity contribution is 5.80. The van der Waals surface area contributed by atoms with Gasteiger partial charge in [-0.2, -0.15) is 0 Å². The zero-order valence-corrected chi connectivity index (χ0v) is 16.5. The summed E-state index contributed by atoms with van der Waals surface area (Å²) in [6.45, 7) is 9.91. The molecule has 1 aromatic carbocycles. The van der Waals surface area contributed by atoms with Crippen LogP contribution in [0.5, 0.6) is 0 Å². The Bertz CT molecular complexity index is 650. The number of amides is 2. The van der Waals surface area contributed by atoms with Gasteiger partial charge in [-0.1, -0.05) is 58.0 Å². The topological polar surface area (TPSA) is 49.4 Å². The lowest BCUT2D eigenvalue weighted by molar-refractivity contribution is -0.129. The summed E-state index contributed by atoms with van der Waals surface area (Å²) in [7, 11) is 0. The number of benzene rings is 1. The molecule has 1 saturated heterocycles. The number of carbonyl (C=O) groups is 2. The van der Waals surface area contributed by atoms with Gasteiger partial charge in [-0.25, -0.2) is 0 Å². The summed E-state index contributed by atoms with van der Waals surface area (Å²) >= 11 is 0. The van der Waals surface area contributed by atoms with Gasteiger partial charge in [0, 0.05) is 32.0 Å². The average Bonchev–Trinajstić information content (AvgIpc) is 3.00. The van der Waals surface area contributed by atoms with Crippen LogP contribution in [0.2, 0.25) is 0 Å². The van der Waals surface area contributed by atoms with Crippen LogP contribution in [0.25, 0.3) is 0 Å². The van der Waals surface area contributed by atoms with Crippen molar-refractivity contribution in [1.29, 1.82) is 0 Å². The van der Waals surface area contributed by atoms with Crippen molar-refractivity contribution >= 4 is 11.8 Å². The van der Waals surface area contributed by atoms with Crippen molar-refractivity contribution in [2.45, 2.75) is 59.5 Å². The van der Waals surface area contributed by atoms with E-state index in [0.717, 1.165) is 6.42 Å². The molecule has 0 aromatic heterocycles. The minimum absolute atomic E-state index is 0.00369. The van der Waals surface area contributed by atoms with Crippen LogP contribution in [0.15, 0.2) is 30.3 Å². The Labute approximate surface area is 157 Å². The summed E-state index contributed by atoms with van der Waals surface area (Å²) < 4.78 is 0. The van der Waals surface area contributed by atoms with Crippen LogP contribution in [-0.4, -0.2) is 29.3 Å². The van der Waals surface area contributed by atoms with E-state index in [1.165, 1.54) is 5.56 Å². The van der Waals surface area contributed by atoms with Crippen LogP contribution in [0, 0.1) is 23.2 Å². The molecule has 3 rings (SSSR count). The van der Waals surface area contributed by atoms with E-state index in [4.69, 9.17) is 0 Å². The maximum atomic E-state index is 12.6. The molecule has 26 heavy (non-hydrogen) atoms. The predicted molar refractivity (Wildman–Crippen MR) is 103 cm³/mol. The van der Waals surface area contributed by atoms with Crippen molar-refractivity contribution in [2.24, 2.45) is 23.2 Å². The third kappa shape index (κ3) is 4.28. The fourth-order valence-electron chi connectivity index (χ4n) is 4.70. The van der Waals surface area contributed by atoms with E-state index in [2.05, 4.69) is 50.0 Å². The highest BCUT2D eigenvalue weighted by Gasteiger charge is 2.50. The number of nitrogens with zero attached hydrogens (tertiary/aromatic N) is 1. The lowest BCUT2D eigenvalue weighted by Gasteiger charge is -2.25. The lowest BCUT2D eigenvalue weighted by atomic mass is 9.88. The van der Waals surface area contributed by atoms with Crippen molar-refractivity contribution in [3.8, 4) is 0 Å². The monoisotopic (exact) mass is 356 g/mol. The second-order valence-corrected chi connectivity index (χ2v) is 9.36. The molecule has 1 heterocycles. The van der Waals surface area contributed by atoms with Gasteiger partial charge in [0.2, 0.25) is 11.8 Å². The van der Waals surface area contributed by atoms with Gasteiger partial charge in [0.25, 0.3) is 0 Å². The van der Waals surface area contributed by atoms with E-state index in [0.29, 0.717) is 49.7 Å². The van der Waals surface area contributed by atoms with Gasteiger partial charge in [0.1, 0.15) is 0 Å². The molecule has 1 aliphatic heterocycles. The third-order valence-electron chi connectivity index (χ3n) is 5.94. The third-order valence-corrected chi connectivity index (χ3v) is 5.94. The molecule has 0 radical (unpaired) electrons. The molecule has 1 N–H and O–H groups in total. The van der Waals surface area contributed by atoms with Crippen LogP contribution in [0.1, 0.15) is 52.5 Å². The van der Waals surface area contributed by atoms with Gasteiger partial charge < -0.3 is 10.2 Å². The molecule has 0 spiro atoms. The van der Waals surface area contributed by atoms with E-state index >= 15 is 0 Å². The standard InChI is InChI=1S/C22H32N2O2/c1-15-10-19-17(18(15)13-23-20(25)12-22(2,3)4)11-21(26)24(19)14-16-8-6-5-7-9-16/h5-9,15,17-19H,10-14H2,1-4H3,(H,23,25)/t15-,17-,18+,19+/m0/s1. The fourth-order valence-corrected chi connectivity index (χ4v) is 4.70. The molecule has 1 saturated carbocycles. The number of likely N-dealkylation sites (tertiary alicyclic amines) is 1. The van der Waals surface area contributed by atoms with Crippen LogP contribution in [0.3, 0.4) is 0 Å². The van der Waals surface area contributed by atoms with E-state index in [1.807, 2.05) is 18.2 Å². The summed E-state index contributed by atoms with van der Waals surface area (Å²) in [6.07, 6.45) is 2.21. The minimum atomic E-state index is 0.00369. The smallest absolute Gasteiger partial charge is 0.223 e. The Morgan fingerprint density at radius 2 is 1.92 bits per heavy atom. The first kappa shape index (κ1) is 18.9. The van der Waals surface area contributed by atoms with Crippen LogP contribution >= 0.6 is 0 Å². The number of hydrogen-bond donors (Lipinski definition) is 1. The lowest BCUT2D eigenvalue weighted by Crippen LogP contribution is -2.35. The molecule has 1 aliphatic carbocycles. The van der Waals surface area contributed by atoms with E-state index < -0.39 is 0 Å². The molecular formula is C22H32N2O2. The number of nitrogens with one attached hydrogen (secondary N) is 1. The summed E-state index contributed by atoms with van der Waals surface area (Å²) in [4.78, 5) is 26.9. The van der Waals surface area contributed by atoms with Crippen molar-refractivity contribution in [3.63, 3.8) is 0 Å². The van der Waals surface area contributed by atoms with Crippen molar-refractivity contribution in [1.82, 2.24) is 10.2 Å². The molecule has 0 unspecified atom stereocenters. The van der Waals surface area contributed by atoms with E-state index in [9.17, 15) is 9.59 Å². The molecule has 142 valence electrons. The number of carbonyl (C=O) groups excluding carboxylic acids is 2. The molecule has 2 fully saturated rings. The maximum Gasteiger partial charge on any atom is 0.223 e. The highest BCUT2D eigenvalue weighted by atomic mass is 16.2. The number of rotatable bonds is 5. The highest BCUT2D eigenvalue weighted by Crippen LogP contribution is 2.46. The van der Waals surface area contributed by atoms with E-state index in [-0.39, 0.29) is 17.2 Å². The Balaban J connectivity index is 1.61. The zero-order valence-electron chi connectivity index (χ0n) is 16.5. The van der Waals surface area contributed by atoms with Gasteiger partial charge >= 0.3 is 0 Å². The van der Waals surface area contributed by atoms with Gasteiger partial charge in [-0.15, -0.1) is 0 Å². The molecule has 2 amide bonds. The predicted octanol–water partition coefficient (Wildman–Crippen LogP) is 3.61. The zero-order chi connectivity index (χ0) is 18.9. The number of fused-ring (bicyclic) bond motifs is 1. The molecule has 0 bridgehead atoms. The summed E-state index contributed by atoms with van der Waals surface area (Å²) in [6, 6.07) is 10.6. The van der Waals surface area contributed by atoms with Crippen LogP contribution < -0.4 is 5.32 Å². The molecule has 4 nitrogen and oxygen atoms in total. The fraction of sp³-hybridized carbons (Fsp3) is 0.636. The Kier molecular flexibility index (Phi) is 5.40. The quantitative estimate of drug-likeness (QED) is 0.876. The first-order valence-electron chi connectivity index (χ1n) is 9.85. The molecule has 4 heteroatoms. The largest absolute Gasteiger partial charge is 0.356 e. The summed E-state index contributed by atoms with van der Waals surface area (Å²) in [5.74, 6) is 1.69. The molecule has 4 atom stereocenters. The summed E-state index contributed by atoms with van der Waals surface area (Å²) in [5, 5.41) is 3.13. The summed E-state index contributed by atoms with van der Waals surface area (Å²) in [5.41, 5.74) is 1.19. The van der Waals surface area contributed by atoms with Crippen molar-refractivity contribution in [2.75, 3.05) is 6.54 Å². The van der Waals surface area contributed by atoms with Gasteiger partial charge in [-0.3, -0.25) is 9.59 Å². The van der Waals surface area contributed by atoms with Gasteiger partial charge in [0.05, 0.1) is 0 Å². The Morgan fingerprint density at radius 3 is 2.58 bits per heavy atom. The minimum Gasteiger partial charge on any atom is -0.356 e. The van der Waals surface area contributed by atoms with Crippen molar-refractivity contribution < 1.29 is 9.59 Å². The first-order valence-corrected chi connectivity index (χ1v) is 9.85. The molecule has 2 aliphatic rings. The van der Waals surface area contributed by atoms with Crippen LogP contribution in [-0.2, 0) is 16.1 Å².